The van der Waals surface area contributed by atoms with Crippen LogP contribution in [0.3, 0.4) is 0 Å². The summed E-state index contributed by atoms with van der Waals surface area (Å²) >= 11 is 5.84. The van der Waals surface area contributed by atoms with Crippen molar-refractivity contribution < 1.29 is 13.2 Å². The predicted octanol–water partition coefficient (Wildman–Crippen LogP) is 2.90. The summed E-state index contributed by atoms with van der Waals surface area (Å²) in [5.41, 5.74) is 0.530. The second-order valence-electron chi connectivity index (χ2n) is 7.49. The Morgan fingerprint density at radius 1 is 1.00 bits per heavy atom. The number of benzene rings is 2. The number of carbonyl (C=O) groups is 1. The molecule has 2 aromatic carbocycles. The molecule has 1 fully saturated rings. The van der Waals surface area contributed by atoms with Crippen LogP contribution in [0.15, 0.2) is 53.4 Å². The number of rotatable bonds is 9. The number of hydrogen-bond acceptors (Lipinski definition) is 5. The number of likely N-dealkylation sites (N-methyl/N-ethyl adjacent to an activating group) is 1. The molecule has 31 heavy (non-hydrogen) atoms. The second-order valence-corrected chi connectivity index (χ2v) is 9.61. The fourth-order valence-electron chi connectivity index (χ4n) is 3.52. The number of anilines is 1. The van der Waals surface area contributed by atoms with Gasteiger partial charge in [0.05, 0.1) is 16.1 Å². The van der Waals surface area contributed by atoms with Gasteiger partial charge in [-0.3, -0.25) is 9.52 Å². The fraction of sp³-hybridized carbons (Fsp3) is 0.409. The number of hydrogen-bond donors (Lipinski definition) is 2. The summed E-state index contributed by atoms with van der Waals surface area (Å²) in [4.78, 5) is 17.6. The number of halogens is 1. The molecule has 0 radical (unpaired) electrons. The molecule has 0 atom stereocenters. The first-order valence-electron chi connectivity index (χ1n) is 10.5. The quantitative estimate of drug-likeness (QED) is 0.557. The van der Waals surface area contributed by atoms with Gasteiger partial charge in [0.25, 0.3) is 15.9 Å². The summed E-state index contributed by atoms with van der Waals surface area (Å²) in [6.07, 6.45) is 0.844. The third kappa shape index (κ3) is 6.67. The SMILES string of the molecule is CCN1CCN(CCCNC(=O)c2ccccc2NS(=O)(=O)c2ccc(Cl)cc2)CC1. The Morgan fingerprint density at radius 2 is 1.65 bits per heavy atom. The van der Waals surface area contributed by atoms with E-state index < -0.39 is 10.0 Å². The largest absolute Gasteiger partial charge is 0.352 e. The molecular formula is C22H29ClN4O3S. The van der Waals surface area contributed by atoms with Gasteiger partial charge >= 0.3 is 0 Å². The van der Waals surface area contributed by atoms with E-state index in [1.807, 2.05) is 0 Å². The Balaban J connectivity index is 1.54. The van der Waals surface area contributed by atoms with Crippen LogP contribution in [-0.2, 0) is 10.0 Å². The van der Waals surface area contributed by atoms with Gasteiger partial charge in [0.15, 0.2) is 0 Å². The average Bonchev–Trinajstić information content (AvgIpc) is 2.77. The molecule has 168 valence electrons. The van der Waals surface area contributed by atoms with Crippen molar-refractivity contribution in [2.75, 3.05) is 50.5 Å². The molecule has 1 heterocycles. The highest BCUT2D eigenvalue weighted by Crippen LogP contribution is 2.21. The molecule has 9 heteroatoms. The number of piperazine rings is 1. The third-order valence-electron chi connectivity index (χ3n) is 5.39. The molecule has 1 saturated heterocycles. The summed E-state index contributed by atoms with van der Waals surface area (Å²) in [6.45, 7) is 9.01. The molecule has 1 amide bonds. The minimum Gasteiger partial charge on any atom is -0.352 e. The molecule has 1 aliphatic rings. The zero-order chi connectivity index (χ0) is 22.3. The molecule has 1 aliphatic heterocycles. The number of nitrogens with one attached hydrogen (secondary N) is 2. The highest BCUT2D eigenvalue weighted by molar-refractivity contribution is 7.92. The van der Waals surface area contributed by atoms with Crippen LogP contribution >= 0.6 is 11.6 Å². The van der Waals surface area contributed by atoms with E-state index in [9.17, 15) is 13.2 Å². The summed E-state index contributed by atoms with van der Waals surface area (Å²) < 4.78 is 27.9. The van der Waals surface area contributed by atoms with E-state index in [-0.39, 0.29) is 22.1 Å². The Morgan fingerprint density at radius 3 is 2.32 bits per heavy atom. The number of para-hydroxylation sites is 1. The van der Waals surface area contributed by atoms with Crippen molar-refractivity contribution in [2.45, 2.75) is 18.2 Å². The van der Waals surface area contributed by atoms with Crippen LogP contribution in [0.5, 0.6) is 0 Å². The van der Waals surface area contributed by atoms with Crippen molar-refractivity contribution in [3.05, 3.63) is 59.1 Å². The molecule has 0 spiro atoms. The molecule has 2 N–H and O–H groups in total. The van der Waals surface area contributed by atoms with E-state index in [1.54, 1.807) is 24.3 Å². The molecule has 2 aromatic rings. The molecule has 0 bridgehead atoms. The lowest BCUT2D eigenvalue weighted by Gasteiger charge is -2.33. The predicted molar refractivity (Wildman–Crippen MR) is 124 cm³/mol. The Hall–Kier alpha value is -2.13. The summed E-state index contributed by atoms with van der Waals surface area (Å²) in [6, 6.07) is 12.5. The number of nitrogens with zero attached hydrogens (tertiary/aromatic N) is 2. The van der Waals surface area contributed by atoms with Crippen molar-refractivity contribution in [1.82, 2.24) is 15.1 Å². The van der Waals surface area contributed by atoms with Crippen molar-refractivity contribution in [3.63, 3.8) is 0 Å². The van der Waals surface area contributed by atoms with E-state index in [4.69, 9.17) is 11.6 Å². The minimum absolute atomic E-state index is 0.0790. The summed E-state index contributed by atoms with van der Waals surface area (Å²) in [5, 5.41) is 3.35. The van der Waals surface area contributed by atoms with Crippen molar-refractivity contribution in [1.29, 1.82) is 0 Å². The zero-order valence-electron chi connectivity index (χ0n) is 17.7. The van der Waals surface area contributed by atoms with Crippen LogP contribution in [0.1, 0.15) is 23.7 Å². The molecule has 7 nitrogen and oxygen atoms in total. The van der Waals surface area contributed by atoms with E-state index in [0.29, 0.717) is 11.6 Å². The lowest BCUT2D eigenvalue weighted by molar-refractivity contribution is 0.0949. The van der Waals surface area contributed by atoms with Crippen LogP contribution in [0, 0.1) is 0 Å². The Bertz CT molecular complexity index is 975. The van der Waals surface area contributed by atoms with Crippen molar-refractivity contribution in [3.8, 4) is 0 Å². The van der Waals surface area contributed by atoms with Crippen LogP contribution in [0.2, 0.25) is 5.02 Å². The average molecular weight is 465 g/mol. The van der Waals surface area contributed by atoms with Gasteiger partial charge in [-0.25, -0.2) is 8.42 Å². The van der Waals surface area contributed by atoms with Crippen LogP contribution in [0.4, 0.5) is 5.69 Å². The monoisotopic (exact) mass is 464 g/mol. The van der Waals surface area contributed by atoms with Gasteiger partial charge in [0.2, 0.25) is 0 Å². The summed E-state index contributed by atoms with van der Waals surface area (Å²) in [5.74, 6) is -0.301. The van der Waals surface area contributed by atoms with Crippen LogP contribution in [-0.4, -0.2) is 69.9 Å². The third-order valence-corrected chi connectivity index (χ3v) is 7.02. The molecule has 0 saturated carbocycles. The topological polar surface area (TPSA) is 81.8 Å². The van der Waals surface area contributed by atoms with Crippen molar-refractivity contribution >= 4 is 33.2 Å². The summed E-state index contributed by atoms with van der Waals surface area (Å²) in [7, 11) is -3.83. The van der Waals surface area contributed by atoms with Crippen molar-refractivity contribution in [2.24, 2.45) is 0 Å². The van der Waals surface area contributed by atoms with Crippen LogP contribution < -0.4 is 10.0 Å². The first-order chi connectivity index (χ1) is 14.9. The molecule has 3 rings (SSSR count). The van der Waals surface area contributed by atoms with Gasteiger partial charge in [0.1, 0.15) is 0 Å². The maximum absolute atomic E-state index is 12.7. The van der Waals surface area contributed by atoms with E-state index >= 15 is 0 Å². The first kappa shape index (κ1) is 23.5. The number of amides is 1. The maximum atomic E-state index is 12.7. The van der Waals surface area contributed by atoms with Gasteiger partial charge in [0, 0.05) is 37.7 Å². The van der Waals surface area contributed by atoms with Gasteiger partial charge in [-0.05, 0) is 55.9 Å². The fourth-order valence-corrected chi connectivity index (χ4v) is 4.72. The standard InChI is InChI=1S/C22H29ClN4O3S/c1-2-26-14-16-27(17-15-26)13-5-12-24-22(28)20-6-3-4-7-21(20)25-31(29,30)19-10-8-18(23)9-11-19/h3-4,6-11,25H,2,5,12-17H2,1H3,(H,24,28). The van der Waals surface area contributed by atoms with E-state index in [1.165, 1.54) is 24.3 Å². The highest BCUT2D eigenvalue weighted by atomic mass is 35.5. The van der Waals surface area contributed by atoms with Crippen LogP contribution in [0.25, 0.3) is 0 Å². The normalized spacial score (nSPS) is 15.5. The minimum atomic E-state index is -3.83. The zero-order valence-corrected chi connectivity index (χ0v) is 19.3. The van der Waals surface area contributed by atoms with Gasteiger partial charge < -0.3 is 15.1 Å². The van der Waals surface area contributed by atoms with Gasteiger partial charge in [-0.15, -0.1) is 0 Å². The molecule has 0 aromatic heterocycles. The Kier molecular flexibility index (Phi) is 8.31. The lowest BCUT2D eigenvalue weighted by atomic mass is 10.1. The molecular weight excluding hydrogens is 436 g/mol. The maximum Gasteiger partial charge on any atom is 0.261 e. The number of carbonyl (C=O) groups excluding carboxylic acids is 1. The smallest absolute Gasteiger partial charge is 0.261 e. The van der Waals surface area contributed by atoms with Gasteiger partial charge in [-0.1, -0.05) is 30.7 Å². The first-order valence-corrected chi connectivity index (χ1v) is 12.4. The highest BCUT2D eigenvalue weighted by Gasteiger charge is 2.19. The lowest BCUT2D eigenvalue weighted by Crippen LogP contribution is -2.46. The molecule has 0 aliphatic carbocycles. The van der Waals surface area contributed by atoms with E-state index in [0.717, 1.165) is 45.7 Å². The second kappa shape index (κ2) is 10.9. The van der Waals surface area contributed by atoms with Gasteiger partial charge in [-0.2, -0.15) is 0 Å². The number of sulfonamides is 1. The molecule has 0 unspecified atom stereocenters. The Labute approximate surface area is 189 Å². The van der Waals surface area contributed by atoms with E-state index in [2.05, 4.69) is 26.8 Å².